The van der Waals surface area contributed by atoms with Gasteiger partial charge in [0, 0.05) is 18.0 Å². The predicted molar refractivity (Wildman–Crippen MR) is 80.3 cm³/mol. The van der Waals surface area contributed by atoms with E-state index in [1.165, 1.54) is 11.1 Å². The van der Waals surface area contributed by atoms with Crippen molar-refractivity contribution in [1.29, 1.82) is 0 Å². The molecule has 0 spiro atoms. The van der Waals surface area contributed by atoms with Gasteiger partial charge in [-0.3, -0.25) is 0 Å². The molecule has 2 heteroatoms. The highest BCUT2D eigenvalue weighted by Crippen LogP contribution is 2.26. The van der Waals surface area contributed by atoms with Crippen LogP contribution in [0.3, 0.4) is 0 Å². The maximum Gasteiger partial charge on any atom is 0.0554 e. The summed E-state index contributed by atoms with van der Waals surface area (Å²) in [5.41, 5.74) is 3.15. The molecule has 1 fully saturated rings. The molecule has 1 atom stereocenters. The molecule has 1 N–H and O–H groups in total. The Hall–Kier alpha value is -0.860. The minimum absolute atomic E-state index is 0.339. The van der Waals surface area contributed by atoms with Crippen LogP contribution >= 0.6 is 0 Å². The van der Waals surface area contributed by atoms with Gasteiger partial charge in [-0.05, 0) is 30.4 Å². The van der Waals surface area contributed by atoms with Gasteiger partial charge in [0.05, 0.1) is 13.2 Å². The minimum atomic E-state index is 0.339. The molecular weight excluding hydrogens is 234 g/mol. The van der Waals surface area contributed by atoms with Crippen molar-refractivity contribution in [3.05, 3.63) is 35.4 Å². The topological polar surface area (TPSA) is 21.3 Å². The predicted octanol–water partition coefficient (Wildman–Crippen LogP) is 3.57. The van der Waals surface area contributed by atoms with Gasteiger partial charge in [0.2, 0.25) is 0 Å². The van der Waals surface area contributed by atoms with Crippen molar-refractivity contribution in [2.45, 2.75) is 40.2 Å². The molecule has 1 saturated heterocycles. The molecule has 1 unspecified atom stereocenters. The fourth-order valence-electron chi connectivity index (χ4n) is 2.48. The van der Waals surface area contributed by atoms with Crippen molar-refractivity contribution in [2.24, 2.45) is 11.3 Å². The minimum Gasteiger partial charge on any atom is -0.380 e. The van der Waals surface area contributed by atoms with Gasteiger partial charge in [-0.25, -0.2) is 0 Å². The van der Waals surface area contributed by atoms with Gasteiger partial charge in [-0.1, -0.05) is 45.0 Å². The number of hydrogen-bond acceptors (Lipinski definition) is 2. The van der Waals surface area contributed by atoms with Gasteiger partial charge >= 0.3 is 0 Å². The fourth-order valence-corrected chi connectivity index (χ4v) is 2.48. The van der Waals surface area contributed by atoms with E-state index in [1.807, 2.05) is 0 Å². The van der Waals surface area contributed by atoms with Crippen LogP contribution in [-0.2, 0) is 11.2 Å². The molecule has 0 aliphatic carbocycles. The van der Waals surface area contributed by atoms with Crippen LogP contribution in [-0.4, -0.2) is 19.8 Å². The highest BCUT2D eigenvalue weighted by Gasteiger charge is 2.33. The number of ether oxygens (including phenoxy) is 1. The molecule has 1 aliphatic rings. The van der Waals surface area contributed by atoms with Crippen molar-refractivity contribution in [3.8, 4) is 0 Å². The molecule has 1 aromatic carbocycles. The number of rotatable bonds is 6. The zero-order valence-corrected chi connectivity index (χ0v) is 12.7. The molecule has 0 radical (unpaired) electrons. The Bertz CT molecular complexity index is 392. The molecule has 1 heterocycles. The summed E-state index contributed by atoms with van der Waals surface area (Å²) in [4.78, 5) is 0. The first kappa shape index (κ1) is 14.5. The summed E-state index contributed by atoms with van der Waals surface area (Å²) < 4.78 is 5.29. The van der Waals surface area contributed by atoms with E-state index in [0.717, 1.165) is 32.1 Å². The first-order valence-electron chi connectivity index (χ1n) is 7.38. The van der Waals surface area contributed by atoms with Gasteiger partial charge in [0.15, 0.2) is 0 Å². The van der Waals surface area contributed by atoms with E-state index in [-0.39, 0.29) is 0 Å². The summed E-state index contributed by atoms with van der Waals surface area (Å²) in [6.45, 7) is 11.9. The Balaban J connectivity index is 1.86. The summed E-state index contributed by atoms with van der Waals surface area (Å²) in [6.07, 6.45) is 1.16. The van der Waals surface area contributed by atoms with E-state index in [1.54, 1.807) is 0 Å². The SMILES string of the molecule is CC(C)Cc1ccc(C(C)NCC2(C)COC2)cc1. The Kier molecular flexibility index (Phi) is 4.64. The lowest BCUT2D eigenvalue weighted by Gasteiger charge is -2.39. The van der Waals surface area contributed by atoms with E-state index in [9.17, 15) is 0 Å². The molecule has 0 aromatic heterocycles. The van der Waals surface area contributed by atoms with E-state index in [4.69, 9.17) is 4.74 Å². The second-order valence-corrected chi connectivity index (χ2v) is 6.75. The van der Waals surface area contributed by atoms with E-state index >= 15 is 0 Å². The molecule has 106 valence electrons. The van der Waals surface area contributed by atoms with Gasteiger partial charge in [-0.15, -0.1) is 0 Å². The van der Waals surface area contributed by atoms with Gasteiger partial charge < -0.3 is 10.1 Å². The summed E-state index contributed by atoms with van der Waals surface area (Å²) in [5, 5.41) is 3.62. The van der Waals surface area contributed by atoms with Gasteiger partial charge in [0.1, 0.15) is 0 Å². The molecule has 1 aromatic rings. The second-order valence-electron chi connectivity index (χ2n) is 6.75. The third-order valence-electron chi connectivity index (χ3n) is 3.86. The summed E-state index contributed by atoms with van der Waals surface area (Å²) in [7, 11) is 0. The normalized spacial score (nSPS) is 19.2. The van der Waals surface area contributed by atoms with Crippen LogP contribution in [0.2, 0.25) is 0 Å². The first-order valence-corrected chi connectivity index (χ1v) is 7.38. The summed E-state index contributed by atoms with van der Waals surface area (Å²) >= 11 is 0. The van der Waals surface area contributed by atoms with Crippen molar-refractivity contribution in [2.75, 3.05) is 19.8 Å². The third kappa shape index (κ3) is 4.05. The lowest BCUT2D eigenvalue weighted by molar-refractivity contribution is -0.0999. The van der Waals surface area contributed by atoms with Crippen molar-refractivity contribution in [3.63, 3.8) is 0 Å². The highest BCUT2D eigenvalue weighted by molar-refractivity contribution is 5.25. The van der Waals surface area contributed by atoms with Crippen LogP contribution in [0.1, 0.15) is 44.9 Å². The summed E-state index contributed by atoms with van der Waals surface area (Å²) in [5.74, 6) is 0.722. The molecule has 0 amide bonds. The van der Waals surface area contributed by atoms with Crippen LogP contribution in [0.4, 0.5) is 0 Å². The Labute approximate surface area is 117 Å². The third-order valence-corrected chi connectivity index (χ3v) is 3.86. The molecular formula is C17H27NO. The zero-order valence-electron chi connectivity index (χ0n) is 12.7. The molecule has 0 bridgehead atoms. The smallest absolute Gasteiger partial charge is 0.0554 e. The molecule has 1 aliphatic heterocycles. The maximum atomic E-state index is 5.29. The molecule has 0 saturated carbocycles. The van der Waals surface area contributed by atoms with Crippen molar-refractivity contribution in [1.82, 2.24) is 5.32 Å². The van der Waals surface area contributed by atoms with Gasteiger partial charge in [0.25, 0.3) is 0 Å². The molecule has 19 heavy (non-hydrogen) atoms. The zero-order chi connectivity index (χ0) is 13.9. The number of nitrogens with one attached hydrogen (secondary N) is 1. The van der Waals surface area contributed by atoms with Crippen LogP contribution in [0.15, 0.2) is 24.3 Å². The van der Waals surface area contributed by atoms with E-state index in [2.05, 4.69) is 57.3 Å². The highest BCUT2D eigenvalue weighted by atomic mass is 16.5. The fraction of sp³-hybridized carbons (Fsp3) is 0.647. The van der Waals surface area contributed by atoms with E-state index < -0.39 is 0 Å². The number of benzene rings is 1. The van der Waals surface area contributed by atoms with Crippen LogP contribution in [0.25, 0.3) is 0 Å². The van der Waals surface area contributed by atoms with Crippen LogP contribution in [0.5, 0.6) is 0 Å². The first-order chi connectivity index (χ1) is 8.98. The molecule has 2 nitrogen and oxygen atoms in total. The molecule has 2 rings (SSSR count). The quantitative estimate of drug-likeness (QED) is 0.845. The Morgan fingerprint density at radius 2 is 1.79 bits per heavy atom. The lowest BCUT2D eigenvalue weighted by Crippen LogP contribution is -2.47. The second kappa shape index (κ2) is 6.06. The monoisotopic (exact) mass is 261 g/mol. The average molecular weight is 261 g/mol. The van der Waals surface area contributed by atoms with Crippen molar-refractivity contribution < 1.29 is 4.74 Å². The van der Waals surface area contributed by atoms with Crippen LogP contribution in [0, 0.1) is 11.3 Å². The van der Waals surface area contributed by atoms with Crippen molar-refractivity contribution >= 4 is 0 Å². The Morgan fingerprint density at radius 3 is 2.26 bits per heavy atom. The van der Waals surface area contributed by atoms with Crippen LogP contribution < -0.4 is 5.32 Å². The van der Waals surface area contributed by atoms with Gasteiger partial charge in [-0.2, -0.15) is 0 Å². The maximum absolute atomic E-state index is 5.29. The Morgan fingerprint density at radius 1 is 1.16 bits per heavy atom. The standard InChI is InChI=1S/C17H27NO/c1-13(2)9-15-5-7-16(8-6-15)14(3)18-10-17(4)11-19-12-17/h5-8,13-14,18H,9-12H2,1-4H3. The largest absolute Gasteiger partial charge is 0.380 e. The average Bonchev–Trinajstić information content (AvgIpc) is 2.34. The van der Waals surface area contributed by atoms with E-state index in [0.29, 0.717) is 11.5 Å². The number of hydrogen-bond donors (Lipinski definition) is 1. The lowest BCUT2D eigenvalue weighted by atomic mass is 9.88. The summed E-state index contributed by atoms with van der Waals surface area (Å²) in [6, 6.07) is 9.46.